The lowest BCUT2D eigenvalue weighted by atomic mass is 10.2. The minimum atomic E-state index is 0.0475. The quantitative estimate of drug-likeness (QED) is 0.839. The van der Waals surface area contributed by atoms with Gasteiger partial charge in [0, 0.05) is 45.2 Å². The SMILES string of the molecule is COc1ccc(C)c2sc(N3CCN(CCNC(=O)C(C)C)CC3)nc12. The molecule has 142 valence electrons. The number of ether oxygens (including phenoxy) is 1. The molecular formula is C19H28N4O2S. The van der Waals surface area contributed by atoms with Crippen LogP contribution in [0.3, 0.4) is 0 Å². The van der Waals surface area contributed by atoms with Gasteiger partial charge in [0.05, 0.1) is 11.8 Å². The normalized spacial score (nSPS) is 15.7. The fourth-order valence-corrected chi connectivity index (χ4v) is 4.21. The summed E-state index contributed by atoms with van der Waals surface area (Å²) in [4.78, 5) is 21.2. The van der Waals surface area contributed by atoms with Gasteiger partial charge in [0.25, 0.3) is 0 Å². The summed E-state index contributed by atoms with van der Waals surface area (Å²) in [6, 6.07) is 4.08. The van der Waals surface area contributed by atoms with E-state index < -0.39 is 0 Å². The third-order valence-corrected chi connectivity index (χ3v) is 6.06. The molecule has 6 nitrogen and oxygen atoms in total. The molecule has 2 heterocycles. The zero-order chi connectivity index (χ0) is 18.7. The first-order valence-electron chi connectivity index (χ1n) is 9.18. The van der Waals surface area contributed by atoms with Gasteiger partial charge in [0.1, 0.15) is 11.3 Å². The van der Waals surface area contributed by atoms with Gasteiger partial charge in [-0.2, -0.15) is 0 Å². The number of aryl methyl sites for hydroxylation is 1. The average molecular weight is 377 g/mol. The number of fused-ring (bicyclic) bond motifs is 1. The van der Waals surface area contributed by atoms with Crippen molar-refractivity contribution in [3.8, 4) is 5.75 Å². The van der Waals surface area contributed by atoms with Crippen molar-refractivity contribution in [2.45, 2.75) is 20.8 Å². The number of nitrogens with one attached hydrogen (secondary N) is 1. The lowest BCUT2D eigenvalue weighted by molar-refractivity contribution is -0.124. The maximum Gasteiger partial charge on any atom is 0.222 e. The van der Waals surface area contributed by atoms with E-state index in [0.717, 1.165) is 49.1 Å². The molecule has 0 spiro atoms. The highest BCUT2D eigenvalue weighted by Gasteiger charge is 2.21. The van der Waals surface area contributed by atoms with E-state index in [1.54, 1.807) is 18.4 Å². The lowest BCUT2D eigenvalue weighted by Gasteiger charge is -2.34. The van der Waals surface area contributed by atoms with Gasteiger partial charge in [-0.3, -0.25) is 9.69 Å². The Morgan fingerprint density at radius 1 is 1.31 bits per heavy atom. The largest absolute Gasteiger partial charge is 0.494 e. The van der Waals surface area contributed by atoms with E-state index in [2.05, 4.69) is 28.1 Å². The van der Waals surface area contributed by atoms with Crippen molar-refractivity contribution in [2.75, 3.05) is 51.3 Å². The first-order valence-corrected chi connectivity index (χ1v) is 10.0. The van der Waals surface area contributed by atoms with Gasteiger partial charge < -0.3 is 15.0 Å². The fourth-order valence-electron chi connectivity index (χ4n) is 3.10. The van der Waals surface area contributed by atoms with Crippen molar-refractivity contribution in [1.29, 1.82) is 0 Å². The van der Waals surface area contributed by atoms with Crippen molar-refractivity contribution in [3.05, 3.63) is 17.7 Å². The number of piperazine rings is 1. The molecule has 3 rings (SSSR count). The topological polar surface area (TPSA) is 57.7 Å². The summed E-state index contributed by atoms with van der Waals surface area (Å²) in [6.07, 6.45) is 0. The molecule has 1 N–H and O–H groups in total. The molecular weight excluding hydrogens is 348 g/mol. The van der Waals surface area contributed by atoms with Crippen LogP contribution in [0.25, 0.3) is 10.2 Å². The zero-order valence-electron chi connectivity index (χ0n) is 16.0. The second-order valence-electron chi connectivity index (χ2n) is 7.03. The highest BCUT2D eigenvalue weighted by Crippen LogP contribution is 2.36. The molecule has 7 heteroatoms. The van der Waals surface area contributed by atoms with Crippen molar-refractivity contribution in [1.82, 2.24) is 15.2 Å². The Morgan fingerprint density at radius 2 is 2.04 bits per heavy atom. The molecule has 1 fully saturated rings. The van der Waals surface area contributed by atoms with Crippen LogP contribution in [-0.2, 0) is 4.79 Å². The number of anilines is 1. The Bertz CT molecular complexity index is 766. The van der Waals surface area contributed by atoms with Crippen LogP contribution in [-0.4, -0.2) is 62.2 Å². The Kier molecular flexibility index (Phi) is 5.98. The molecule has 1 aromatic heterocycles. The molecule has 1 saturated heterocycles. The zero-order valence-corrected chi connectivity index (χ0v) is 16.9. The maximum atomic E-state index is 11.6. The summed E-state index contributed by atoms with van der Waals surface area (Å²) in [5.74, 6) is 1.02. The number of hydrogen-bond donors (Lipinski definition) is 1. The van der Waals surface area contributed by atoms with Gasteiger partial charge in [0.15, 0.2) is 5.13 Å². The number of benzene rings is 1. The van der Waals surface area contributed by atoms with E-state index in [1.165, 1.54) is 10.3 Å². The smallest absolute Gasteiger partial charge is 0.222 e. The third-order valence-electron chi connectivity index (χ3n) is 4.81. The van der Waals surface area contributed by atoms with Gasteiger partial charge in [-0.25, -0.2) is 4.98 Å². The van der Waals surface area contributed by atoms with Crippen molar-refractivity contribution in [2.24, 2.45) is 5.92 Å². The van der Waals surface area contributed by atoms with Crippen LogP contribution in [0.5, 0.6) is 5.75 Å². The van der Waals surface area contributed by atoms with Gasteiger partial charge >= 0.3 is 0 Å². The summed E-state index contributed by atoms with van der Waals surface area (Å²) in [5, 5.41) is 4.06. The lowest BCUT2D eigenvalue weighted by Crippen LogP contribution is -2.48. The summed E-state index contributed by atoms with van der Waals surface area (Å²) in [6.45, 7) is 11.5. The Labute approximate surface area is 159 Å². The van der Waals surface area contributed by atoms with Crippen LogP contribution in [0, 0.1) is 12.8 Å². The van der Waals surface area contributed by atoms with E-state index in [1.807, 2.05) is 19.9 Å². The predicted octanol–water partition coefficient (Wildman–Crippen LogP) is 2.51. The van der Waals surface area contributed by atoms with Gasteiger partial charge in [0.2, 0.25) is 5.91 Å². The molecule has 2 aromatic rings. The number of methoxy groups -OCH3 is 1. The molecule has 0 bridgehead atoms. The predicted molar refractivity (Wildman–Crippen MR) is 107 cm³/mol. The van der Waals surface area contributed by atoms with Crippen molar-refractivity contribution in [3.63, 3.8) is 0 Å². The Morgan fingerprint density at radius 3 is 2.69 bits per heavy atom. The summed E-state index contributed by atoms with van der Waals surface area (Å²) >= 11 is 1.75. The second-order valence-corrected chi connectivity index (χ2v) is 8.01. The second kappa shape index (κ2) is 8.22. The van der Waals surface area contributed by atoms with Crippen LogP contribution in [0.4, 0.5) is 5.13 Å². The van der Waals surface area contributed by atoms with Crippen LogP contribution >= 0.6 is 11.3 Å². The third kappa shape index (κ3) is 4.10. The molecule has 0 aliphatic carbocycles. The minimum Gasteiger partial charge on any atom is -0.494 e. The number of aromatic nitrogens is 1. The van der Waals surface area contributed by atoms with E-state index in [0.29, 0.717) is 6.54 Å². The fraction of sp³-hybridized carbons (Fsp3) is 0.579. The molecule has 0 saturated carbocycles. The minimum absolute atomic E-state index is 0.0475. The molecule has 0 atom stereocenters. The Balaban J connectivity index is 1.57. The summed E-state index contributed by atoms with van der Waals surface area (Å²) in [5.41, 5.74) is 2.20. The molecule has 1 aromatic carbocycles. The number of thiazole rings is 1. The van der Waals surface area contributed by atoms with E-state index in [9.17, 15) is 4.79 Å². The first kappa shape index (κ1) is 18.9. The monoisotopic (exact) mass is 376 g/mol. The van der Waals surface area contributed by atoms with Gasteiger partial charge in [-0.15, -0.1) is 0 Å². The molecule has 1 amide bonds. The number of carbonyl (C=O) groups excluding carboxylic acids is 1. The number of hydrogen-bond acceptors (Lipinski definition) is 6. The van der Waals surface area contributed by atoms with Crippen molar-refractivity contribution >= 4 is 32.6 Å². The molecule has 1 aliphatic heterocycles. The highest BCUT2D eigenvalue weighted by molar-refractivity contribution is 7.22. The molecule has 26 heavy (non-hydrogen) atoms. The Hall–Kier alpha value is -1.86. The van der Waals surface area contributed by atoms with Crippen LogP contribution in [0.2, 0.25) is 0 Å². The van der Waals surface area contributed by atoms with Gasteiger partial charge in [-0.1, -0.05) is 31.3 Å². The summed E-state index contributed by atoms with van der Waals surface area (Å²) < 4.78 is 6.67. The highest BCUT2D eigenvalue weighted by atomic mass is 32.1. The maximum absolute atomic E-state index is 11.6. The molecule has 0 radical (unpaired) electrons. The van der Waals surface area contributed by atoms with E-state index in [4.69, 9.17) is 9.72 Å². The number of amides is 1. The van der Waals surface area contributed by atoms with E-state index in [-0.39, 0.29) is 11.8 Å². The number of rotatable bonds is 6. The number of carbonyl (C=O) groups is 1. The van der Waals surface area contributed by atoms with Crippen LogP contribution in [0.15, 0.2) is 12.1 Å². The van der Waals surface area contributed by atoms with Crippen molar-refractivity contribution < 1.29 is 9.53 Å². The molecule has 0 unspecified atom stereocenters. The first-order chi connectivity index (χ1) is 12.5. The van der Waals surface area contributed by atoms with Gasteiger partial charge in [-0.05, 0) is 18.6 Å². The molecule has 1 aliphatic rings. The standard InChI is InChI=1S/C19H28N4O2S/c1-13(2)18(24)20-7-8-22-9-11-23(12-10-22)19-21-16-15(25-4)6-5-14(3)17(16)26-19/h5-6,13H,7-12H2,1-4H3,(H,20,24). The average Bonchev–Trinajstić information content (AvgIpc) is 3.09. The number of nitrogens with zero attached hydrogens (tertiary/aromatic N) is 3. The summed E-state index contributed by atoms with van der Waals surface area (Å²) in [7, 11) is 1.69. The van der Waals surface area contributed by atoms with Crippen LogP contribution in [0.1, 0.15) is 19.4 Å². The van der Waals surface area contributed by atoms with Crippen LogP contribution < -0.4 is 15.0 Å². The van der Waals surface area contributed by atoms with E-state index >= 15 is 0 Å².